The van der Waals surface area contributed by atoms with Crippen LogP contribution in [0.15, 0.2) is 27.6 Å². The summed E-state index contributed by atoms with van der Waals surface area (Å²) in [5, 5.41) is 0.491. The van der Waals surface area contributed by atoms with Gasteiger partial charge in [0.1, 0.15) is 0 Å². The van der Waals surface area contributed by atoms with Gasteiger partial charge in [0.2, 0.25) is 10.0 Å². The summed E-state index contributed by atoms with van der Waals surface area (Å²) in [6.07, 6.45) is 1.75. The summed E-state index contributed by atoms with van der Waals surface area (Å²) in [5.41, 5.74) is 0. The van der Waals surface area contributed by atoms with Crippen LogP contribution < -0.4 is 4.72 Å². The fourth-order valence-electron chi connectivity index (χ4n) is 1.47. The van der Waals surface area contributed by atoms with E-state index in [1.165, 1.54) is 12.1 Å². The highest BCUT2D eigenvalue weighted by Crippen LogP contribution is 2.25. The molecule has 1 atom stereocenters. The summed E-state index contributed by atoms with van der Waals surface area (Å²) < 4.78 is 27.2. The van der Waals surface area contributed by atoms with E-state index in [9.17, 15) is 8.42 Å². The van der Waals surface area contributed by atoms with E-state index in [-0.39, 0.29) is 10.9 Å². The Labute approximate surface area is 116 Å². The van der Waals surface area contributed by atoms with Crippen LogP contribution in [0.1, 0.15) is 26.7 Å². The Morgan fingerprint density at radius 2 is 2.12 bits per heavy atom. The van der Waals surface area contributed by atoms with E-state index < -0.39 is 10.0 Å². The number of sulfonamides is 1. The van der Waals surface area contributed by atoms with E-state index in [2.05, 4.69) is 20.7 Å². The SMILES string of the molecule is CCCC(C)NS(=O)(=O)c1ccc(Cl)c(Br)c1. The highest BCUT2D eigenvalue weighted by Gasteiger charge is 2.17. The highest BCUT2D eigenvalue weighted by molar-refractivity contribution is 9.10. The van der Waals surface area contributed by atoms with Crippen molar-refractivity contribution in [2.75, 3.05) is 0 Å². The number of nitrogens with one attached hydrogen (secondary N) is 1. The largest absolute Gasteiger partial charge is 0.240 e. The molecule has 1 unspecified atom stereocenters. The molecule has 0 aliphatic rings. The molecule has 17 heavy (non-hydrogen) atoms. The van der Waals surface area contributed by atoms with Gasteiger partial charge in [-0.15, -0.1) is 0 Å². The van der Waals surface area contributed by atoms with Gasteiger partial charge in [-0.05, 0) is 47.5 Å². The van der Waals surface area contributed by atoms with Crippen molar-refractivity contribution in [2.45, 2.75) is 37.6 Å². The first-order valence-corrected chi connectivity index (χ1v) is 7.99. The monoisotopic (exact) mass is 339 g/mol. The molecule has 96 valence electrons. The molecule has 3 nitrogen and oxygen atoms in total. The molecule has 1 aromatic rings. The minimum atomic E-state index is -3.46. The smallest absolute Gasteiger partial charge is 0.208 e. The van der Waals surface area contributed by atoms with Crippen LogP contribution in [0.3, 0.4) is 0 Å². The number of halogens is 2. The van der Waals surface area contributed by atoms with Crippen LogP contribution in [0.2, 0.25) is 5.02 Å². The summed E-state index contributed by atoms with van der Waals surface area (Å²) in [7, 11) is -3.46. The summed E-state index contributed by atoms with van der Waals surface area (Å²) in [6.45, 7) is 3.87. The first-order valence-electron chi connectivity index (χ1n) is 5.34. The molecule has 0 aliphatic heterocycles. The Morgan fingerprint density at radius 3 is 2.65 bits per heavy atom. The number of hydrogen-bond acceptors (Lipinski definition) is 2. The third-order valence-electron chi connectivity index (χ3n) is 2.28. The Morgan fingerprint density at radius 1 is 1.47 bits per heavy atom. The molecule has 0 aliphatic carbocycles. The zero-order valence-electron chi connectivity index (χ0n) is 9.70. The average Bonchev–Trinajstić information content (AvgIpc) is 2.21. The summed E-state index contributed by atoms with van der Waals surface area (Å²) >= 11 is 9.04. The lowest BCUT2D eigenvalue weighted by Gasteiger charge is -2.13. The molecule has 0 saturated heterocycles. The standard InChI is InChI=1S/C11H15BrClNO2S/c1-3-4-8(2)14-17(15,16)9-5-6-11(13)10(12)7-9/h5-8,14H,3-4H2,1-2H3. The van der Waals surface area contributed by atoms with Crippen LogP contribution in [0.25, 0.3) is 0 Å². The van der Waals surface area contributed by atoms with E-state index in [0.29, 0.717) is 9.50 Å². The zero-order chi connectivity index (χ0) is 13.1. The molecule has 0 aromatic heterocycles. The Kier molecular flexibility index (Phi) is 5.44. The van der Waals surface area contributed by atoms with Gasteiger partial charge in [-0.2, -0.15) is 0 Å². The molecule has 0 amide bonds. The molecule has 1 aromatic carbocycles. The lowest BCUT2D eigenvalue weighted by atomic mass is 10.2. The summed E-state index contributed by atoms with van der Waals surface area (Å²) in [4.78, 5) is 0.219. The fourth-order valence-corrected chi connectivity index (χ4v) is 3.42. The molecule has 0 radical (unpaired) electrons. The van der Waals surface area contributed by atoms with Crippen molar-refractivity contribution in [3.8, 4) is 0 Å². The van der Waals surface area contributed by atoms with Gasteiger partial charge < -0.3 is 0 Å². The van der Waals surface area contributed by atoms with E-state index in [1.54, 1.807) is 6.07 Å². The van der Waals surface area contributed by atoms with Crippen molar-refractivity contribution in [1.29, 1.82) is 0 Å². The zero-order valence-corrected chi connectivity index (χ0v) is 12.9. The minimum Gasteiger partial charge on any atom is -0.208 e. The van der Waals surface area contributed by atoms with Gasteiger partial charge in [-0.3, -0.25) is 0 Å². The normalized spacial score (nSPS) is 13.6. The van der Waals surface area contributed by atoms with Crippen LogP contribution >= 0.6 is 27.5 Å². The second-order valence-electron chi connectivity index (χ2n) is 3.89. The van der Waals surface area contributed by atoms with Crippen LogP contribution in [0, 0.1) is 0 Å². The van der Waals surface area contributed by atoms with Gasteiger partial charge in [-0.25, -0.2) is 13.1 Å². The second kappa shape index (κ2) is 6.18. The first-order chi connectivity index (χ1) is 7.86. The molecule has 1 N–H and O–H groups in total. The van der Waals surface area contributed by atoms with Crippen molar-refractivity contribution < 1.29 is 8.42 Å². The van der Waals surface area contributed by atoms with Crippen LogP contribution in [-0.2, 0) is 10.0 Å². The maximum atomic E-state index is 12.0. The fraction of sp³-hybridized carbons (Fsp3) is 0.455. The van der Waals surface area contributed by atoms with Crippen LogP contribution in [-0.4, -0.2) is 14.5 Å². The first kappa shape index (κ1) is 15.0. The van der Waals surface area contributed by atoms with Gasteiger partial charge in [0.05, 0.1) is 9.92 Å². The lowest BCUT2D eigenvalue weighted by Crippen LogP contribution is -2.32. The molecular weight excluding hydrogens is 326 g/mol. The van der Waals surface area contributed by atoms with Crippen LogP contribution in [0.5, 0.6) is 0 Å². The highest BCUT2D eigenvalue weighted by atomic mass is 79.9. The van der Waals surface area contributed by atoms with Gasteiger partial charge in [-0.1, -0.05) is 24.9 Å². The maximum Gasteiger partial charge on any atom is 0.240 e. The summed E-state index contributed by atoms with van der Waals surface area (Å²) in [5.74, 6) is 0. The molecule has 6 heteroatoms. The second-order valence-corrected chi connectivity index (χ2v) is 6.86. The average molecular weight is 341 g/mol. The van der Waals surface area contributed by atoms with Crippen molar-refractivity contribution in [1.82, 2.24) is 4.72 Å². The molecule has 1 rings (SSSR count). The van der Waals surface area contributed by atoms with E-state index in [0.717, 1.165) is 12.8 Å². The number of hydrogen-bond donors (Lipinski definition) is 1. The van der Waals surface area contributed by atoms with Crippen molar-refractivity contribution in [3.63, 3.8) is 0 Å². The topological polar surface area (TPSA) is 46.2 Å². The van der Waals surface area contributed by atoms with Gasteiger partial charge in [0.25, 0.3) is 0 Å². The van der Waals surface area contributed by atoms with E-state index in [1.807, 2.05) is 13.8 Å². The van der Waals surface area contributed by atoms with E-state index in [4.69, 9.17) is 11.6 Å². The lowest BCUT2D eigenvalue weighted by molar-refractivity contribution is 0.544. The van der Waals surface area contributed by atoms with Gasteiger partial charge in [0.15, 0.2) is 0 Å². The Bertz CT molecular complexity index is 490. The number of benzene rings is 1. The number of rotatable bonds is 5. The third-order valence-corrected chi connectivity index (χ3v) is 5.08. The third kappa shape index (κ3) is 4.25. The quantitative estimate of drug-likeness (QED) is 0.890. The molecular formula is C11H15BrClNO2S. The Balaban J connectivity index is 2.93. The maximum absolute atomic E-state index is 12.0. The molecule has 0 spiro atoms. The predicted octanol–water partition coefficient (Wildman–Crippen LogP) is 3.57. The van der Waals surface area contributed by atoms with Gasteiger partial charge in [0, 0.05) is 10.5 Å². The predicted molar refractivity (Wildman–Crippen MR) is 73.8 cm³/mol. The molecule has 0 saturated carbocycles. The van der Waals surface area contributed by atoms with Crippen LogP contribution in [0.4, 0.5) is 0 Å². The summed E-state index contributed by atoms with van der Waals surface area (Å²) in [6, 6.07) is 4.49. The van der Waals surface area contributed by atoms with Crippen molar-refractivity contribution >= 4 is 37.6 Å². The van der Waals surface area contributed by atoms with Crippen molar-refractivity contribution in [2.24, 2.45) is 0 Å². The molecule has 0 heterocycles. The van der Waals surface area contributed by atoms with Crippen molar-refractivity contribution in [3.05, 3.63) is 27.7 Å². The molecule has 0 fully saturated rings. The van der Waals surface area contributed by atoms with Gasteiger partial charge >= 0.3 is 0 Å². The molecule has 0 bridgehead atoms. The Hall–Kier alpha value is -0.100. The minimum absolute atomic E-state index is 0.0700. The van der Waals surface area contributed by atoms with E-state index >= 15 is 0 Å².